The second-order valence-corrected chi connectivity index (χ2v) is 8.94. The van der Waals surface area contributed by atoms with E-state index in [1.165, 1.54) is 7.11 Å². The molecule has 0 bridgehead atoms. The molecule has 35 heavy (non-hydrogen) atoms. The van der Waals surface area contributed by atoms with Gasteiger partial charge in [-0.3, -0.25) is 9.59 Å². The largest absolute Gasteiger partial charge is 0.495 e. The Labute approximate surface area is 205 Å². The van der Waals surface area contributed by atoms with Crippen molar-refractivity contribution in [1.29, 1.82) is 0 Å². The molecule has 0 radical (unpaired) electrons. The van der Waals surface area contributed by atoms with E-state index in [4.69, 9.17) is 14.8 Å². The molecule has 0 unspecified atom stereocenters. The second-order valence-electron chi connectivity index (χ2n) is 8.94. The van der Waals surface area contributed by atoms with E-state index in [0.717, 1.165) is 31.5 Å². The van der Waals surface area contributed by atoms with Gasteiger partial charge in [-0.2, -0.15) is 4.98 Å². The molecular weight excluding hydrogens is 448 g/mol. The van der Waals surface area contributed by atoms with Gasteiger partial charge in [0.05, 0.1) is 19.0 Å². The number of likely N-dealkylation sites (N-methyl/N-ethyl adjacent to an activating group) is 1. The van der Waals surface area contributed by atoms with Crippen LogP contribution < -0.4 is 25.2 Å². The van der Waals surface area contributed by atoms with Crippen LogP contribution >= 0.6 is 0 Å². The summed E-state index contributed by atoms with van der Waals surface area (Å²) < 4.78 is 5.51. The molecule has 1 aromatic heterocycles. The molecule has 1 atom stereocenters. The lowest BCUT2D eigenvalue weighted by molar-refractivity contribution is -0.120. The van der Waals surface area contributed by atoms with Gasteiger partial charge in [0.25, 0.3) is 5.91 Å². The molecule has 1 fully saturated rings. The number of hydrogen-bond donors (Lipinski definition) is 3. The van der Waals surface area contributed by atoms with Crippen molar-refractivity contribution in [1.82, 2.24) is 15.3 Å². The normalized spacial score (nSPS) is 17.9. The molecule has 188 valence electrons. The van der Waals surface area contributed by atoms with Crippen LogP contribution in [0.25, 0.3) is 0 Å². The van der Waals surface area contributed by atoms with Crippen LogP contribution in [0.15, 0.2) is 24.4 Å². The number of hydrogen-bond acceptors (Lipinski definition) is 8. The van der Waals surface area contributed by atoms with E-state index in [0.29, 0.717) is 48.0 Å². The van der Waals surface area contributed by atoms with Crippen LogP contribution in [-0.4, -0.2) is 66.3 Å². The minimum absolute atomic E-state index is 0.0222. The molecule has 3 N–H and O–H groups in total. The summed E-state index contributed by atoms with van der Waals surface area (Å²) >= 11 is 0. The zero-order chi connectivity index (χ0) is 24.9. The van der Waals surface area contributed by atoms with Crippen LogP contribution in [0.1, 0.15) is 55.8 Å². The minimum Gasteiger partial charge on any atom is -0.495 e. The lowest BCUT2D eigenvalue weighted by Gasteiger charge is -2.43. The molecule has 2 aromatic rings. The van der Waals surface area contributed by atoms with Crippen molar-refractivity contribution >= 4 is 35.0 Å². The fourth-order valence-electron chi connectivity index (χ4n) is 4.88. The minimum atomic E-state index is -0.239. The van der Waals surface area contributed by atoms with Crippen molar-refractivity contribution < 1.29 is 19.4 Å². The molecule has 1 saturated carbocycles. The van der Waals surface area contributed by atoms with Crippen molar-refractivity contribution in [2.45, 2.75) is 57.5 Å². The molecule has 1 aliphatic carbocycles. The van der Waals surface area contributed by atoms with Crippen molar-refractivity contribution in [3.05, 3.63) is 30.0 Å². The lowest BCUT2D eigenvalue weighted by atomic mass is 10.0. The van der Waals surface area contributed by atoms with Crippen molar-refractivity contribution in [2.75, 3.05) is 42.4 Å². The first kappa shape index (κ1) is 24.7. The van der Waals surface area contributed by atoms with Crippen LogP contribution in [-0.2, 0) is 4.79 Å². The quantitative estimate of drug-likeness (QED) is 0.467. The SMILES string of the molecule is CC[C@@H]1C(=O)N(C)c2cnc(Nc3ccc(C(=O)NCCCO)cc3OC)nc2N1C1CCCC1. The predicted molar refractivity (Wildman–Crippen MR) is 135 cm³/mol. The number of benzene rings is 1. The van der Waals surface area contributed by atoms with E-state index < -0.39 is 0 Å². The Kier molecular flexibility index (Phi) is 7.70. The van der Waals surface area contributed by atoms with E-state index >= 15 is 0 Å². The Morgan fingerprint density at radius 3 is 2.74 bits per heavy atom. The van der Waals surface area contributed by atoms with Crippen molar-refractivity contribution in [3.8, 4) is 5.75 Å². The summed E-state index contributed by atoms with van der Waals surface area (Å²) in [6, 6.07) is 5.15. The van der Waals surface area contributed by atoms with Crippen molar-refractivity contribution in [3.63, 3.8) is 0 Å². The van der Waals surface area contributed by atoms with Crippen LogP contribution in [0.2, 0.25) is 0 Å². The number of nitrogens with zero attached hydrogens (tertiary/aromatic N) is 4. The molecular formula is C25H34N6O4. The Balaban J connectivity index is 1.62. The number of methoxy groups -OCH3 is 1. The third-order valence-corrected chi connectivity index (χ3v) is 6.74. The molecule has 2 heterocycles. The molecule has 0 spiro atoms. The average Bonchev–Trinajstić information content (AvgIpc) is 3.40. The number of carbonyl (C=O) groups is 2. The standard InChI is InChI=1S/C25H34N6O4/c1-4-19-24(34)30(2)20-15-27-25(29-22(20)31(19)17-8-5-6-9-17)28-18-11-10-16(14-21(18)35-3)23(33)26-12-7-13-32/h10-11,14-15,17,19,32H,4-9,12-13H2,1-3H3,(H,26,33)(H,27,28,29)/t19-/m1/s1. The highest BCUT2D eigenvalue weighted by Gasteiger charge is 2.41. The van der Waals surface area contributed by atoms with Crippen LogP contribution in [0.3, 0.4) is 0 Å². The highest BCUT2D eigenvalue weighted by Crippen LogP contribution is 2.40. The third-order valence-electron chi connectivity index (χ3n) is 6.74. The van der Waals surface area contributed by atoms with E-state index in [2.05, 4.69) is 20.5 Å². The maximum atomic E-state index is 13.1. The molecule has 0 saturated heterocycles. The first-order valence-electron chi connectivity index (χ1n) is 12.3. The van der Waals surface area contributed by atoms with Gasteiger partial charge in [0, 0.05) is 31.8 Å². The van der Waals surface area contributed by atoms with E-state index in [-0.39, 0.29) is 30.5 Å². The van der Waals surface area contributed by atoms with Gasteiger partial charge >= 0.3 is 0 Å². The summed E-state index contributed by atoms with van der Waals surface area (Å²) in [6.45, 7) is 2.46. The first-order chi connectivity index (χ1) is 17.0. The van der Waals surface area contributed by atoms with E-state index in [9.17, 15) is 9.59 Å². The van der Waals surface area contributed by atoms with Gasteiger partial charge in [-0.05, 0) is 43.9 Å². The number of ether oxygens (including phenoxy) is 1. The number of carbonyl (C=O) groups excluding carboxylic acids is 2. The number of fused-ring (bicyclic) bond motifs is 1. The number of rotatable bonds is 9. The fraction of sp³-hybridized carbons (Fsp3) is 0.520. The number of anilines is 4. The molecule has 10 nitrogen and oxygen atoms in total. The number of amides is 2. The Morgan fingerprint density at radius 2 is 2.06 bits per heavy atom. The molecule has 2 aliphatic rings. The van der Waals surface area contributed by atoms with E-state index in [1.54, 1.807) is 36.3 Å². The van der Waals surface area contributed by atoms with Gasteiger partial charge in [0.1, 0.15) is 17.5 Å². The average molecular weight is 483 g/mol. The maximum absolute atomic E-state index is 13.1. The van der Waals surface area contributed by atoms with Gasteiger partial charge in [-0.15, -0.1) is 0 Å². The topological polar surface area (TPSA) is 120 Å². The summed E-state index contributed by atoms with van der Waals surface area (Å²) in [5.74, 6) is 1.47. The monoisotopic (exact) mass is 482 g/mol. The van der Waals surface area contributed by atoms with Crippen molar-refractivity contribution in [2.24, 2.45) is 0 Å². The highest BCUT2D eigenvalue weighted by molar-refractivity contribution is 6.04. The maximum Gasteiger partial charge on any atom is 0.251 e. The second kappa shape index (κ2) is 10.9. The molecule has 2 amide bonds. The third kappa shape index (κ3) is 5.02. The Bertz CT molecular complexity index is 1070. The van der Waals surface area contributed by atoms with Gasteiger partial charge in [0.15, 0.2) is 5.82 Å². The van der Waals surface area contributed by atoms with Gasteiger partial charge < -0.3 is 30.3 Å². The molecule has 1 aliphatic heterocycles. The number of aromatic nitrogens is 2. The van der Waals surface area contributed by atoms with Crippen LogP contribution in [0.4, 0.5) is 23.1 Å². The van der Waals surface area contributed by atoms with Crippen LogP contribution in [0, 0.1) is 0 Å². The summed E-state index contributed by atoms with van der Waals surface area (Å²) in [5, 5.41) is 14.9. The molecule has 1 aromatic carbocycles. The summed E-state index contributed by atoms with van der Waals surface area (Å²) in [5.41, 5.74) is 1.79. The smallest absolute Gasteiger partial charge is 0.251 e. The number of aliphatic hydroxyl groups is 1. The number of nitrogens with one attached hydrogen (secondary N) is 2. The summed E-state index contributed by atoms with van der Waals surface area (Å²) in [7, 11) is 3.32. The zero-order valence-electron chi connectivity index (χ0n) is 20.6. The Hall–Kier alpha value is -3.40. The van der Waals surface area contributed by atoms with Gasteiger partial charge in [0.2, 0.25) is 11.9 Å². The lowest BCUT2D eigenvalue weighted by Crippen LogP contribution is -2.55. The van der Waals surface area contributed by atoms with Gasteiger partial charge in [-0.1, -0.05) is 19.8 Å². The van der Waals surface area contributed by atoms with Gasteiger partial charge in [-0.25, -0.2) is 4.98 Å². The molecule has 10 heteroatoms. The molecule has 4 rings (SSSR count). The zero-order valence-corrected chi connectivity index (χ0v) is 20.6. The first-order valence-corrected chi connectivity index (χ1v) is 12.3. The fourth-order valence-corrected chi connectivity index (χ4v) is 4.88. The number of aliphatic hydroxyl groups excluding tert-OH is 1. The summed E-state index contributed by atoms with van der Waals surface area (Å²) in [6.07, 6.45) is 7.31. The predicted octanol–water partition coefficient (Wildman–Crippen LogP) is 2.85. The highest BCUT2D eigenvalue weighted by atomic mass is 16.5. The Morgan fingerprint density at radius 1 is 1.29 bits per heavy atom. The summed E-state index contributed by atoms with van der Waals surface area (Å²) in [4.78, 5) is 38.6. The van der Waals surface area contributed by atoms with E-state index in [1.807, 2.05) is 6.92 Å². The van der Waals surface area contributed by atoms with Crippen LogP contribution in [0.5, 0.6) is 5.75 Å².